The number of carbonyl (C=O) groups excluding carboxylic acids is 1. The van der Waals surface area contributed by atoms with Crippen LogP contribution in [0, 0.1) is 11.3 Å². The van der Waals surface area contributed by atoms with Crippen LogP contribution in [0.5, 0.6) is 5.88 Å². The molecule has 1 saturated heterocycles. The van der Waals surface area contributed by atoms with E-state index in [1.54, 1.807) is 24.2 Å². The summed E-state index contributed by atoms with van der Waals surface area (Å²) in [5.41, 5.74) is 3.61. The molecule has 3 aromatic rings. The van der Waals surface area contributed by atoms with Gasteiger partial charge in [-0.05, 0) is 30.9 Å². The van der Waals surface area contributed by atoms with Crippen molar-refractivity contribution in [3.8, 4) is 23.2 Å². The second kappa shape index (κ2) is 9.95. The fourth-order valence-electron chi connectivity index (χ4n) is 4.43. The van der Waals surface area contributed by atoms with E-state index in [0.29, 0.717) is 36.6 Å². The molecule has 1 amide bonds. The van der Waals surface area contributed by atoms with Crippen molar-refractivity contribution in [3.63, 3.8) is 0 Å². The van der Waals surface area contributed by atoms with Crippen molar-refractivity contribution in [3.05, 3.63) is 48.3 Å². The zero-order valence-corrected chi connectivity index (χ0v) is 20.0. The van der Waals surface area contributed by atoms with Gasteiger partial charge in [-0.1, -0.05) is 24.3 Å². The molecule has 2 fully saturated rings. The van der Waals surface area contributed by atoms with Crippen LogP contribution in [-0.4, -0.2) is 58.2 Å². The molecule has 9 heteroatoms. The summed E-state index contributed by atoms with van der Waals surface area (Å²) < 4.78 is 11.8. The minimum absolute atomic E-state index is 0. The molecular formula is C25H27N5O3S. The van der Waals surface area contributed by atoms with Gasteiger partial charge in [0.15, 0.2) is 5.52 Å². The lowest BCUT2D eigenvalue weighted by atomic mass is 9.65. The molecule has 0 spiro atoms. The number of rotatable bonds is 5. The van der Waals surface area contributed by atoms with Crippen LogP contribution in [0.1, 0.15) is 31.7 Å². The van der Waals surface area contributed by atoms with E-state index in [1.807, 2.05) is 30.3 Å². The molecule has 0 bridgehead atoms. The molecule has 176 valence electrons. The lowest BCUT2D eigenvalue weighted by molar-refractivity contribution is -0.137. The minimum atomic E-state index is -0.344. The third-order valence-corrected chi connectivity index (χ3v) is 6.57. The summed E-state index contributed by atoms with van der Waals surface area (Å²) >= 11 is 0. The van der Waals surface area contributed by atoms with Crippen molar-refractivity contribution in [2.45, 2.75) is 37.7 Å². The normalized spacial score (nSPS) is 18.9. The third kappa shape index (κ3) is 4.56. The predicted octanol–water partition coefficient (Wildman–Crippen LogP) is 3.38. The SMILES string of the molecule is CC(=O)N1CCO[C@H](COc2nc(-c3ccc(C4(C#N)CCC4)cc3)cc3nccnc23)C1.S. The Hall–Kier alpha value is -3.22. The summed E-state index contributed by atoms with van der Waals surface area (Å²) in [5, 5.41) is 9.62. The fraction of sp³-hybridized carbons (Fsp3) is 0.400. The van der Waals surface area contributed by atoms with Crippen molar-refractivity contribution in [2.24, 2.45) is 0 Å². The van der Waals surface area contributed by atoms with Crippen molar-refractivity contribution in [1.29, 1.82) is 5.26 Å². The molecule has 5 rings (SSSR count). The molecule has 1 aliphatic carbocycles. The maximum Gasteiger partial charge on any atom is 0.242 e. The average Bonchev–Trinajstić information content (AvgIpc) is 2.82. The number of ether oxygens (including phenoxy) is 2. The number of nitriles is 1. The quantitative estimate of drug-likeness (QED) is 0.555. The van der Waals surface area contributed by atoms with E-state index in [-0.39, 0.29) is 37.5 Å². The first-order valence-electron chi connectivity index (χ1n) is 11.2. The largest absolute Gasteiger partial charge is 0.473 e. The Labute approximate surface area is 205 Å². The number of aromatic nitrogens is 3. The van der Waals surface area contributed by atoms with E-state index in [0.717, 1.165) is 36.1 Å². The number of morpholine rings is 1. The Balaban J connectivity index is 0.00000274. The molecular weight excluding hydrogens is 450 g/mol. The summed E-state index contributed by atoms with van der Waals surface area (Å²) in [7, 11) is 0. The zero-order chi connectivity index (χ0) is 22.8. The van der Waals surface area contributed by atoms with Gasteiger partial charge in [-0.3, -0.25) is 9.78 Å². The van der Waals surface area contributed by atoms with Crippen LogP contribution in [0.2, 0.25) is 0 Å². The molecule has 8 nitrogen and oxygen atoms in total. The lowest BCUT2D eigenvalue weighted by Crippen LogP contribution is -2.46. The second-order valence-electron chi connectivity index (χ2n) is 8.63. The van der Waals surface area contributed by atoms with Crippen LogP contribution >= 0.6 is 13.5 Å². The number of benzene rings is 1. The number of fused-ring (bicyclic) bond motifs is 1. The number of hydrogen-bond acceptors (Lipinski definition) is 7. The smallest absolute Gasteiger partial charge is 0.242 e. The number of nitrogens with zero attached hydrogens (tertiary/aromatic N) is 5. The first-order chi connectivity index (χ1) is 16.1. The highest BCUT2D eigenvalue weighted by Gasteiger charge is 2.38. The van der Waals surface area contributed by atoms with Gasteiger partial charge in [-0.25, -0.2) is 9.97 Å². The maximum atomic E-state index is 11.7. The summed E-state index contributed by atoms with van der Waals surface area (Å²) in [4.78, 5) is 27.0. The predicted molar refractivity (Wildman–Crippen MR) is 132 cm³/mol. The molecule has 1 aliphatic heterocycles. The summed E-state index contributed by atoms with van der Waals surface area (Å²) in [5.74, 6) is 0.416. The zero-order valence-electron chi connectivity index (χ0n) is 19.0. The molecule has 1 saturated carbocycles. The number of amides is 1. The van der Waals surface area contributed by atoms with Crippen molar-refractivity contribution in [2.75, 3.05) is 26.3 Å². The van der Waals surface area contributed by atoms with E-state index < -0.39 is 0 Å². The fourth-order valence-corrected chi connectivity index (χ4v) is 4.43. The van der Waals surface area contributed by atoms with Gasteiger partial charge in [0.25, 0.3) is 0 Å². The van der Waals surface area contributed by atoms with E-state index in [9.17, 15) is 10.1 Å². The van der Waals surface area contributed by atoms with Crippen LogP contribution in [0.15, 0.2) is 42.7 Å². The van der Waals surface area contributed by atoms with E-state index >= 15 is 0 Å². The lowest BCUT2D eigenvalue weighted by Gasteiger charge is -2.35. The van der Waals surface area contributed by atoms with Crippen molar-refractivity contribution >= 4 is 30.4 Å². The van der Waals surface area contributed by atoms with Gasteiger partial charge in [-0.2, -0.15) is 18.8 Å². The van der Waals surface area contributed by atoms with Gasteiger partial charge in [0, 0.05) is 31.4 Å². The Morgan fingerprint density at radius 2 is 2.03 bits per heavy atom. The molecule has 0 radical (unpaired) electrons. The Kier molecular flexibility index (Phi) is 7.00. The highest BCUT2D eigenvalue weighted by atomic mass is 32.1. The Morgan fingerprint density at radius 1 is 1.26 bits per heavy atom. The second-order valence-corrected chi connectivity index (χ2v) is 8.63. The first-order valence-corrected chi connectivity index (χ1v) is 11.2. The number of pyridine rings is 1. The minimum Gasteiger partial charge on any atom is -0.473 e. The first kappa shape index (κ1) is 23.9. The molecule has 2 aromatic heterocycles. The van der Waals surface area contributed by atoms with Crippen molar-refractivity contribution < 1.29 is 14.3 Å². The van der Waals surface area contributed by atoms with Crippen LogP contribution in [0.3, 0.4) is 0 Å². The molecule has 0 unspecified atom stereocenters. The highest BCUT2D eigenvalue weighted by Crippen LogP contribution is 2.43. The number of hydrogen-bond donors (Lipinski definition) is 0. The number of carbonyl (C=O) groups is 1. The van der Waals surface area contributed by atoms with Crippen LogP contribution in [-0.2, 0) is 14.9 Å². The van der Waals surface area contributed by atoms with Gasteiger partial charge in [-0.15, -0.1) is 0 Å². The van der Waals surface area contributed by atoms with Crippen LogP contribution < -0.4 is 4.74 Å². The molecule has 1 atom stereocenters. The molecule has 3 heterocycles. The summed E-state index contributed by atoms with van der Waals surface area (Å²) in [6, 6.07) is 12.4. The molecule has 2 aliphatic rings. The van der Waals surface area contributed by atoms with Gasteiger partial charge >= 0.3 is 0 Å². The molecule has 0 N–H and O–H groups in total. The van der Waals surface area contributed by atoms with Crippen LogP contribution in [0.4, 0.5) is 0 Å². The van der Waals surface area contributed by atoms with Crippen molar-refractivity contribution in [1.82, 2.24) is 19.9 Å². The highest BCUT2D eigenvalue weighted by molar-refractivity contribution is 7.59. The molecule has 1 aromatic carbocycles. The van der Waals surface area contributed by atoms with Gasteiger partial charge < -0.3 is 14.4 Å². The standard InChI is InChI=1S/C25H25N5O3.H2S/c1-17(31)30-11-12-32-20(14-30)15-33-24-23-22(27-9-10-28-23)13-21(29-24)18-3-5-19(6-4-18)25(16-26)7-2-8-25;/h3-6,9-10,13,20H,2,7-8,11-12,14-15H2,1H3;1H2/t20-;/m0./s1. The van der Waals surface area contributed by atoms with Crippen LogP contribution in [0.25, 0.3) is 22.3 Å². The van der Waals surface area contributed by atoms with Gasteiger partial charge in [0.1, 0.15) is 12.7 Å². The topological polar surface area (TPSA) is 101 Å². The van der Waals surface area contributed by atoms with E-state index in [1.165, 1.54) is 0 Å². The Bertz CT molecular complexity index is 1220. The maximum absolute atomic E-state index is 11.7. The van der Waals surface area contributed by atoms with E-state index in [4.69, 9.17) is 14.5 Å². The van der Waals surface area contributed by atoms with Gasteiger partial charge in [0.2, 0.25) is 11.8 Å². The Morgan fingerprint density at radius 3 is 2.71 bits per heavy atom. The molecule has 34 heavy (non-hydrogen) atoms. The average molecular weight is 478 g/mol. The van der Waals surface area contributed by atoms with E-state index in [2.05, 4.69) is 16.0 Å². The third-order valence-electron chi connectivity index (χ3n) is 6.57. The summed E-state index contributed by atoms with van der Waals surface area (Å²) in [6.45, 7) is 3.39. The monoisotopic (exact) mass is 477 g/mol. The summed E-state index contributed by atoms with van der Waals surface area (Å²) in [6.07, 6.45) is 5.93. The van der Waals surface area contributed by atoms with Gasteiger partial charge in [0.05, 0.1) is 35.8 Å².